The van der Waals surface area contributed by atoms with Crippen molar-refractivity contribution in [2.75, 3.05) is 0 Å². The second-order valence-corrected chi connectivity index (χ2v) is 4.72. The molecule has 0 spiro atoms. The average molecular weight is 311 g/mol. The van der Waals surface area contributed by atoms with Gasteiger partial charge < -0.3 is 10.5 Å². The molecule has 0 aliphatic heterocycles. The van der Waals surface area contributed by atoms with Crippen molar-refractivity contribution in [1.29, 1.82) is 0 Å². The second kappa shape index (κ2) is 5.46. The topological polar surface area (TPSA) is 48.1 Å². The van der Waals surface area contributed by atoms with Crippen molar-refractivity contribution < 1.29 is 9.13 Å². The predicted molar refractivity (Wildman–Crippen MR) is 71.0 cm³/mol. The molecule has 2 N–H and O–H groups in total. The Bertz CT molecular complexity index is 560. The Labute approximate surface area is 113 Å². The lowest BCUT2D eigenvalue weighted by Crippen LogP contribution is -2.07. The lowest BCUT2D eigenvalue weighted by molar-refractivity contribution is 0.447. The number of rotatable bonds is 3. The third-order valence-electron chi connectivity index (χ3n) is 2.40. The molecule has 1 atom stereocenters. The molecule has 0 bridgehead atoms. The summed E-state index contributed by atoms with van der Waals surface area (Å²) in [5.41, 5.74) is 6.60. The van der Waals surface area contributed by atoms with Gasteiger partial charge in [0.15, 0.2) is 0 Å². The number of hydrogen-bond acceptors (Lipinski definition) is 3. The van der Waals surface area contributed by atoms with Crippen LogP contribution in [0.25, 0.3) is 0 Å². The van der Waals surface area contributed by atoms with Gasteiger partial charge in [0.2, 0.25) is 5.88 Å². The Morgan fingerprint density at radius 1 is 1.39 bits per heavy atom. The van der Waals surface area contributed by atoms with E-state index >= 15 is 0 Å². The molecule has 0 amide bonds. The fourth-order valence-corrected chi connectivity index (χ4v) is 1.73. The van der Waals surface area contributed by atoms with E-state index in [0.717, 1.165) is 5.56 Å². The third-order valence-corrected chi connectivity index (χ3v) is 3.04. The summed E-state index contributed by atoms with van der Waals surface area (Å²) in [7, 11) is 0. The van der Waals surface area contributed by atoms with E-state index in [9.17, 15) is 4.39 Å². The van der Waals surface area contributed by atoms with E-state index in [1.807, 2.05) is 13.0 Å². The minimum atomic E-state index is -0.384. The standard InChI is InChI=1S/C13H12BrFN2O/c1-8(16)10-3-2-6-17-13(10)18-9-4-5-11(14)12(15)7-9/h2-8H,16H2,1H3/t8-/m1/s1. The molecule has 1 aromatic heterocycles. The molecule has 0 aliphatic rings. The molecule has 94 valence electrons. The highest BCUT2D eigenvalue weighted by molar-refractivity contribution is 9.10. The molecule has 2 rings (SSSR count). The fourth-order valence-electron chi connectivity index (χ4n) is 1.49. The molecule has 0 unspecified atom stereocenters. The molecule has 5 heteroatoms. The molecule has 0 saturated heterocycles. The van der Waals surface area contributed by atoms with Crippen LogP contribution in [0.1, 0.15) is 18.5 Å². The number of aromatic nitrogens is 1. The van der Waals surface area contributed by atoms with Gasteiger partial charge in [0.1, 0.15) is 11.6 Å². The highest BCUT2D eigenvalue weighted by atomic mass is 79.9. The van der Waals surface area contributed by atoms with E-state index < -0.39 is 0 Å². The van der Waals surface area contributed by atoms with Crippen LogP contribution in [0.4, 0.5) is 4.39 Å². The quantitative estimate of drug-likeness (QED) is 0.938. The molecular formula is C13H12BrFN2O. The lowest BCUT2D eigenvalue weighted by Gasteiger charge is -2.12. The van der Waals surface area contributed by atoms with Crippen molar-refractivity contribution in [3.05, 3.63) is 52.4 Å². The van der Waals surface area contributed by atoms with Gasteiger partial charge in [0.25, 0.3) is 0 Å². The van der Waals surface area contributed by atoms with Crippen molar-refractivity contribution >= 4 is 15.9 Å². The zero-order valence-electron chi connectivity index (χ0n) is 9.73. The number of benzene rings is 1. The minimum Gasteiger partial charge on any atom is -0.439 e. The number of halogens is 2. The van der Waals surface area contributed by atoms with Crippen molar-refractivity contribution in [3.63, 3.8) is 0 Å². The van der Waals surface area contributed by atoms with Crippen LogP contribution in [-0.2, 0) is 0 Å². The summed E-state index contributed by atoms with van der Waals surface area (Å²) < 4.78 is 19.3. The molecule has 0 fully saturated rings. The molecule has 1 heterocycles. The van der Waals surface area contributed by atoms with E-state index in [2.05, 4.69) is 20.9 Å². The Morgan fingerprint density at radius 3 is 2.83 bits per heavy atom. The molecule has 0 aliphatic carbocycles. The summed E-state index contributed by atoms with van der Waals surface area (Å²) in [4.78, 5) is 4.11. The lowest BCUT2D eigenvalue weighted by atomic mass is 10.1. The maximum atomic E-state index is 13.4. The molecule has 18 heavy (non-hydrogen) atoms. The first-order chi connectivity index (χ1) is 8.58. The van der Waals surface area contributed by atoms with Gasteiger partial charge in [0, 0.05) is 23.9 Å². The van der Waals surface area contributed by atoms with Gasteiger partial charge in [0.05, 0.1) is 4.47 Å². The number of hydrogen-bond donors (Lipinski definition) is 1. The monoisotopic (exact) mass is 310 g/mol. The average Bonchev–Trinajstić information content (AvgIpc) is 2.34. The SMILES string of the molecule is C[C@@H](N)c1cccnc1Oc1ccc(Br)c(F)c1. The van der Waals surface area contributed by atoms with Crippen molar-refractivity contribution in [1.82, 2.24) is 4.98 Å². The van der Waals surface area contributed by atoms with Crippen LogP contribution in [0.5, 0.6) is 11.6 Å². The summed E-state index contributed by atoms with van der Waals surface area (Å²) in [5.74, 6) is 0.399. The van der Waals surface area contributed by atoms with Crippen LogP contribution in [-0.4, -0.2) is 4.98 Å². The fraction of sp³-hybridized carbons (Fsp3) is 0.154. The summed E-state index contributed by atoms with van der Waals surface area (Å²) in [6.45, 7) is 1.84. The van der Waals surface area contributed by atoms with Crippen LogP contribution in [0.15, 0.2) is 41.0 Å². The van der Waals surface area contributed by atoms with Gasteiger partial charge in [-0.15, -0.1) is 0 Å². The second-order valence-electron chi connectivity index (χ2n) is 3.86. The predicted octanol–water partition coefficient (Wildman–Crippen LogP) is 3.80. The van der Waals surface area contributed by atoms with Gasteiger partial charge >= 0.3 is 0 Å². The van der Waals surface area contributed by atoms with Gasteiger partial charge in [-0.05, 0) is 41.1 Å². The van der Waals surface area contributed by atoms with Gasteiger partial charge in [-0.2, -0.15) is 0 Å². The first-order valence-corrected chi connectivity index (χ1v) is 6.20. The van der Waals surface area contributed by atoms with E-state index in [0.29, 0.717) is 16.1 Å². The molecule has 2 aromatic rings. The number of ether oxygens (including phenoxy) is 1. The van der Waals surface area contributed by atoms with Gasteiger partial charge in [-0.1, -0.05) is 6.07 Å². The number of nitrogens with zero attached hydrogens (tertiary/aromatic N) is 1. The smallest absolute Gasteiger partial charge is 0.223 e. The summed E-state index contributed by atoms with van der Waals surface area (Å²) in [6.07, 6.45) is 1.61. The maximum absolute atomic E-state index is 13.4. The highest BCUT2D eigenvalue weighted by Crippen LogP contribution is 2.28. The summed E-state index contributed by atoms with van der Waals surface area (Å²) in [6, 6.07) is 7.96. The maximum Gasteiger partial charge on any atom is 0.223 e. The Balaban J connectivity index is 2.31. The number of nitrogens with two attached hydrogens (primary N) is 1. The molecule has 1 aromatic carbocycles. The highest BCUT2D eigenvalue weighted by Gasteiger charge is 2.10. The zero-order chi connectivity index (χ0) is 13.1. The molecule has 0 saturated carbocycles. The van der Waals surface area contributed by atoms with Gasteiger partial charge in [-0.3, -0.25) is 0 Å². The Hall–Kier alpha value is -1.46. The van der Waals surface area contributed by atoms with E-state index in [-0.39, 0.29) is 11.9 Å². The Morgan fingerprint density at radius 2 is 2.17 bits per heavy atom. The van der Waals surface area contributed by atoms with E-state index in [1.54, 1.807) is 24.4 Å². The zero-order valence-corrected chi connectivity index (χ0v) is 11.3. The van der Waals surface area contributed by atoms with Crippen molar-refractivity contribution in [2.45, 2.75) is 13.0 Å². The molecular weight excluding hydrogens is 299 g/mol. The van der Waals surface area contributed by atoms with Crippen molar-refractivity contribution in [2.24, 2.45) is 5.73 Å². The minimum absolute atomic E-state index is 0.200. The largest absolute Gasteiger partial charge is 0.439 e. The van der Waals surface area contributed by atoms with Crippen LogP contribution in [0.2, 0.25) is 0 Å². The third kappa shape index (κ3) is 2.86. The van der Waals surface area contributed by atoms with Crippen molar-refractivity contribution in [3.8, 4) is 11.6 Å². The van der Waals surface area contributed by atoms with Gasteiger partial charge in [-0.25, -0.2) is 9.37 Å². The van der Waals surface area contributed by atoms with Crippen LogP contribution in [0, 0.1) is 5.82 Å². The summed E-state index contributed by atoms with van der Waals surface area (Å²) in [5, 5.41) is 0. The van der Waals surface area contributed by atoms with Crippen LogP contribution < -0.4 is 10.5 Å². The first-order valence-electron chi connectivity index (χ1n) is 5.41. The van der Waals surface area contributed by atoms with Crippen LogP contribution in [0.3, 0.4) is 0 Å². The normalized spacial score (nSPS) is 12.2. The first kappa shape index (κ1) is 13.0. The van der Waals surface area contributed by atoms with E-state index in [4.69, 9.17) is 10.5 Å². The molecule has 3 nitrogen and oxygen atoms in total. The number of pyridine rings is 1. The van der Waals surface area contributed by atoms with E-state index in [1.165, 1.54) is 6.07 Å². The Kier molecular flexibility index (Phi) is 3.93. The summed E-state index contributed by atoms with van der Waals surface area (Å²) >= 11 is 3.09. The molecule has 0 radical (unpaired) electrons. The van der Waals surface area contributed by atoms with Crippen LogP contribution >= 0.6 is 15.9 Å².